The minimum absolute atomic E-state index is 0. The minimum atomic E-state index is 0. The predicted octanol–water partition coefficient (Wildman–Crippen LogP) is 3.78. The van der Waals surface area contributed by atoms with E-state index in [0.717, 1.165) is 34.4 Å². The smallest absolute Gasteiger partial charge is 0.223 e. The standard InChI is InChI=1S/C15H18BrN3OS.2ClH/c16-10-3-4-13-12(8-10)18-14(21-13)5-6-15(20)19-7-1-2-11(19)9-17;;/h3-4,8,11H,1-2,5-7,9,17H2;2*1H. The number of halogens is 3. The molecule has 0 bridgehead atoms. The second-order valence-corrected chi connectivity index (χ2v) is 7.37. The van der Waals surface area contributed by atoms with Crippen molar-refractivity contribution < 1.29 is 4.79 Å². The van der Waals surface area contributed by atoms with E-state index in [9.17, 15) is 4.79 Å². The van der Waals surface area contributed by atoms with Crippen LogP contribution >= 0.6 is 52.1 Å². The second kappa shape index (κ2) is 9.18. The van der Waals surface area contributed by atoms with Gasteiger partial charge in [0, 0.05) is 36.4 Å². The van der Waals surface area contributed by atoms with Crippen molar-refractivity contribution in [3.63, 3.8) is 0 Å². The molecule has 128 valence electrons. The molecule has 0 saturated carbocycles. The van der Waals surface area contributed by atoms with E-state index in [1.165, 1.54) is 4.70 Å². The number of benzene rings is 1. The van der Waals surface area contributed by atoms with E-state index in [2.05, 4.69) is 27.0 Å². The number of fused-ring (bicyclic) bond motifs is 1. The van der Waals surface area contributed by atoms with Gasteiger partial charge in [0.15, 0.2) is 0 Å². The molecular weight excluding hydrogens is 421 g/mol. The summed E-state index contributed by atoms with van der Waals surface area (Å²) in [7, 11) is 0. The molecule has 1 fully saturated rings. The quantitative estimate of drug-likeness (QED) is 0.786. The van der Waals surface area contributed by atoms with Crippen LogP contribution in [0.4, 0.5) is 0 Å². The number of nitrogens with two attached hydrogens (primary N) is 1. The van der Waals surface area contributed by atoms with Gasteiger partial charge >= 0.3 is 0 Å². The van der Waals surface area contributed by atoms with Gasteiger partial charge in [-0.05, 0) is 31.0 Å². The summed E-state index contributed by atoms with van der Waals surface area (Å²) < 4.78 is 2.20. The maximum Gasteiger partial charge on any atom is 0.223 e. The van der Waals surface area contributed by atoms with Crippen LogP contribution in [0.3, 0.4) is 0 Å². The topological polar surface area (TPSA) is 59.2 Å². The lowest BCUT2D eigenvalue weighted by atomic mass is 10.2. The monoisotopic (exact) mass is 439 g/mol. The van der Waals surface area contributed by atoms with Crippen molar-refractivity contribution in [2.45, 2.75) is 31.7 Å². The van der Waals surface area contributed by atoms with Gasteiger partial charge < -0.3 is 10.6 Å². The highest BCUT2D eigenvalue weighted by molar-refractivity contribution is 9.10. The van der Waals surface area contributed by atoms with Crippen molar-refractivity contribution in [2.75, 3.05) is 13.1 Å². The van der Waals surface area contributed by atoms with Gasteiger partial charge in [-0.1, -0.05) is 15.9 Å². The zero-order valence-corrected chi connectivity index (χ0v) is 16.6. The Balaban J connectivity index is 0.00000132. The molecular formula is C15H20BrCl2N3OS. The van der Waals surface area contributed by atoms with Gasteiger partial charge in [0.25, 0.3) is 0 Å². The molecule has 0 spiro atoms. The van der Waals surface area contributed by atoms with Crippen molar-refractivity contribution in [3.8, 4) is 0 Å². The fraction of sp³-hybridized carbons (Fsp3) is 0.467. The lowest BCUT2D eigenvalue weighted by molar-refractivity contribution is -0.131. The van der Waals surface area contributed by atoms with E-state index in [-0.39, 0.29) is 36.8 Å². The first-order chi connectivity index (χ1) is 10.2. The second-order valence-electron chi connectivity index (χ2n) is 5.34. The normalized spacial score (nSPS) is 17.0. The summed E-state index contributed by atoms with van der Waals surface area (Å²) in [6.45, 7) is 1.42. The zero-order valence-electron chi connectivity index (χ0n) is 12.5. The molecule has 23 heavy (non-hydrogen) atoms. The van der Waals surface area contributed by atoms with Crippen molar-refractivity contribution in [1.29, 1.82) is 0 Å². The summed E-state index contributed by atoms with van der Waals surface area (Å²) in [6, 6.07) is 6.34. The Hall–Kier alpha value is -0.400. The molecule has 8 heteroatoms. The maximum absolute atomic E-state index is 12.3. The van der Waals surface area contributed by atoms with Crippen LogP contribution in [-0.2, 0) is 11.2 Å². The van der Waals surface area contributed by atoms with Crippen LogP contribution < -0.4 is 5.73 Å². The van der Waals surface area contributed by atoms with Crippen molar-refractivity contribution in [1.82, 2.24) is 9.88 Å². The lowest BCUT2D eigenvalue weighted by Gasteiger charge is -2.23. The van der Waals surface area contributed by atoms with Crippen molar-refractivity contribution in [2.24, 2.45) is 5.73 Å². The van der Waals surface area contributed by atoms with E-state index in [1.54, 1.807) is 11.3 Å². The zero-order chi connectivity index (χ0) is 14.8. The van der Waals surface area contributed by atoms with Crippen molar-refractivity contribution >= 4 is 68.2 Å². The van der Waals surface area contributed by atoms with E-state index in [0.29, 0.717) is 19.4 Å². The van der Waals surface area contributed by atoms with Crippen LogP contribution in [0.1, 0.15) is 24.3 Å². The molecule has 1 aromatic heterocycles. The highest BCUT2D eigenvalue weighted by Crippen LogP contribution is 2.26. The number of amides is 1. The van der Waals surface area contributed by atoms with Gasteiger partial charge in [-0.3, -0.25) is 4.79 Å². The summed E-state index contributed by atoms with van der Waals surface area (Å²) in [5, 5.41) is 1.03. The summed E-state index contributed by atoms with van der Waals surface area (Å²) in [5.74, 6) is 0.211. The van der Waals surface area contributed by atoms with Gasteiger partial charge in [0.1, 0.15) is 0 Å². The molecule has 2 N–H and O–H groups in total. The SMILES string of the molecule is Cl.Cl.NCC1CCCN1C(=O)CCc1nc2cc(Br)ccc2s1. The van der Waals surface area contributed by atoms with Crippen LogP contribution in [0.2, 0.25) is 0 Å². The molecule has 1 saturated heterocycles. The number of aromatic nitrogens is 1. The minimum Gasteiger partial charge on any atom is -0.338 e. The number of carbonyl (C=O) groups excluding carboxylic acids is 1. The largest absolute Gasteiger partial charge is 0.338 e. The highest BCUT2D eigenvalue weighted by Gasteiger charge is 2.27. The fourth-order valence-electron chi connectivity index (χ4n) is 2.82. The number of nitrogens with zero attached hydrogens (tertiary/aromatic N) is 2. The van der Waals surface area contributed by atoms with Gasteiger partial charge in [-0.15, -0.1) is 36.2 Å². The number of hydrogen-bond acceptors (Lipinski definition) is 4. The van der Waals surface area contributed by atoms with Crippen molar-refractivity contribution in [3.05, 3.63) is 27.7 Å². The molecule has 0 radical (unpaired) electrons. The third-order valence-corrected chi connectivity index (χ3v) is 5.51. The Bertz CT molecular complexity index is 667. The first kappa shape index (κ1) is 20.6. The molecule has 4 nitrogen and oxygen atoms in total. The number of hydrogen-bond donors (Lipinski definition) is 1. The summed E-state index contributed by atoms with van der Waals surface area (Å²) in [4.78, 5) is 18.8. The number of aryl methyl sites for hydroxylation is 1. The van der Waals surface area contributed by atoms with E-state index < -0.39 is 0 Å². The van der Waals surface area contributed by atoms with Gasteiger partial charge in [0.2, 0.25) is 5.91 Å². The predicted molar refractivity (Wildman–Crippen MR) is 104 cm³/mol. The average molecular weight is 441 g/mol. The van der Waals surface area contributed by atoms with E-state index in [4.69, 9.17) is 5.73 Å². The molecule has 1 unspecified atom stereocenters. The Kier molecular flexibility index (Phi) is 8.24. The molecule has 1 aliphatic rings. The molecule has 2 heterocycles. The van der Waals surface area contributed by atoms with Crippen LogP contribution in [0.15, 0.2) is 22.7 Å². The van der Waals surface area contributed by atoms with Gasteiger partial charge in [0.05, 0.1) is 15.2 Å². The molecule has 1 amide bonds. The third-order valence-electron chi connectivity index (χ3n) is 3.92. The highest BCUT2D eigenvalue weighted by atomic mass is 79.9. The molecule has 0 aliphatic carbocycles. The molecule has 3 rings (SSSR count). The average Bonchev–Trinajstić information content (AvgIpc) is 3.10. The number of likely N-dealkylation sites (tertiary alicyclic amines) is 1. The van der Waals surface area contributed by atoms with E-state index in [1.807, 2.05) is 17.0 Å². The van der Waals surface area contributed by atoms with Crippen LogP contribution in [-0.4, -0.2) is 34.9 Å². The van der Waals surface area contributed by atoms with Crippen LogP contribution in [0.5, 0.6) is 0 Å². The fourth-order valence-corrected chi connectivity index (χ4v) is 4.12. The van der Waals surface area contributed by atoms with Crippen LogP contribution in [0.25, 0.3) is 10.2 Å². The molecule has 2 aromatic rings. The summed E-state index contributed by atoms with van der Waals surface area (Å²) in [5.41, 5.74) is 6.72. The van der Waals surface area contributed by atoms with Gasteiger partial charge in [-0.2, -0.15) is 0 Å². The maximum atomic E-state index is 12.3. The first-order valence-corrected chi connectivity index (χ1v) is 8.83. The van der Waals surface area contributed by atoms with Crippen LogP contribution in [0, 0.1) is 0 Å². The molecule has 1 atom stereocenters. The van der Waals surface area contributed by atoms with E-state index >= 15 is 0 Å². The Morgan fingerprint density at radius 3 is 2.96 bits per heavy atom. The number of carbonyl (C=O) groups is 1. The summed E-state index contributed by atoms with van der Waals surface area (Å²) >= 11 is 5.12. The number of thiazole rings is 1. The van der Waals surface area contributed by atoms with Gasteiger partial charge in [-0.25, -0.2) is 4.98 Å². The first-order valence-electron chi connectivity index (χ1n) is 7.22. The Labute approximate surface area is 160 Å². The molecule has 1 aliphatic heterocycles. The number of rotatable bonds is 4. The molecule has 1 aromatic carbocycles. The third kappa shape index (κ3) is 4.79. The Morgan fingerprint density at radius 1 is 1.43 bits per heavy atom. The summed E-state index contributed by atoms with van der Waals surface area (Å²) in [6.07, 6.45) is 3.35. The Morgan fingerprint density at radius 2 is 2.22 bits per heavy atom. The lowest BCUT2D eigenvalue weighted by Crippen LogP contribution is -2.39.